The number of ether oxygens (including phenoxy) is 2. The van der Waals surface area contributed by atoms with Crippen LogP contribution in [0.1, 0.15) is 10.4 Å². The van der Waals surface area contributed by atoms with Crippen molar-refractivity contribution in [1.82, 2.24) is 15.2 Å². The van der Waals surface area contributed by atoms with Crippen molar-refractivity contribution in [3.05, 3.63) is 47.5 Å². The molecule has 0 radical (unpaired) electrons. The third-order valence-electron chi connectivity index (χ3n) is 3.86. The first kappa shape index (κ1) is 14.8. The predicted octanol–water partition coefficient (Wildman–Crippen LogP) is 3.33. The summed E-state index contributed by atoms with van der Waals surface area (Å²) >= 11 is 1.47. The van der Waals surface area contributed by atoms with E-state index >= 15 is 0 Å². The first-order chi connectivity index (χ1) is 12.8. The Kier molecular flexibility index (Phi) is 3.32. The van der Waals surface area contributed by atoms with Crippen LogP contribution in [0, 0.1) is 0 Å². The standard InChI is InChI=1S/C17H10N4O4S/c22-15(9-1-3-11-14(6-9)26-7-18-11)19-17-21-20-16(25-17)10-2-4-12-13(5-10)24-8-23-12/h1-7H,8H2,(H,19,21,22). The van der Waals surface area contributed by atoms with E-state index in [2.05, 4.69) is 20.5 Å². The maximum absolute atomic E-state index is 12.4. The lowest BCUT2D eigenvalue weighted by Crippen LogP contribution is -2.11. The Labute approximate surface area is 150 Å². The number of nitrogens with one attached hydrogen (secondary N) is 1. The lowest BCUT2D eigenvalue weighted by Gasteiger charge is -2.00. The predicted molar refractivity (Wildman–Crippen MR) is 93.4 cm³/mol. The van der Waals surface area contributed by atoms with E-state index in [0.29, 0.717) is 22.6 Å². The molecule has 3 heterocycles. The van der Waals surface area contributed by atoms with Gasteiger partial charge in [-0.15, -0.1) is 16.4 Å². The fourth-order valence-electron chi connectivity index (χ4n) is 2.59. The number of hydrogen-bond acceptors (Lipinski definition) is 8. The molecule has 0 bridgehead atoms. The molecule has 0 spiro atoms. The zero-order chi connectivity index (χ0) is 17.5. The Bertz CT molecular complexity index is 1140. The minimum Gasteiger partial charge on any atom is -0.454 e. The fraction of sp³-hybridized carbons (Fsp3) is 0.0588. The molecule has 9 heteroatoms. The van der Waals surface area contributed by atoms with E-state index in [-0.39, 0.29) is 24.6 Å². The average Bonchev–Trinajstić information content (AvgIpc) is 3.40. The molecule has 0 aliphatic carbocycles. The second-order valence-electron chi connectivity index (χ2n) is 5.47. The van der Waals surface area contributed by atoms with Crippen molar-refractivity contribution in [2.75, 3.05) is 12.1 Å². The van der Waals surface area contributed by atoms with Gasteiger partial charge < -0.3 is 13.9 Å². The Morgan fingerprint density at radius 3 is 2.96 bits per heavy atom. The van der Waals surface area contributed by atoms with Crippen molar-refractivity contribution >= 4 is 33.5 Å². The van der Waals surface area contributed by atoms with Crippen molar-refractivity contribution in [2.45, 2.75) is 0 Å². The molecule has 0 saturated heterocycles. The SMILES string of the molecule is O=C(Nc1nnc(-c2ccc3c(c2)OCO3)o1)c1ccc2ncsc2c1. The molecular weight excluding hydrogens is 356 g/mol. The lowest BCUT2D eigenvalue weighted by atomic mass is 10.2. The summed E-state index contributed by atoms with van der Waals surface area (Å²) in [6.07, 6.45) is 0. The van der Waals surface area contributed by atoms with Gasteiger partial charge in [0, 0.05) is 11.1 Å². The van der Waals surface area contributed by atoms with E-state index < -0.39 is 0 Å². The Hall–Kier alpha value is -3.46. The van der Waals surface area contributed by atoms with Crippen molar-refractivity contribution in [3.63, 3.8) is 0 Å². The highest BCUT2D eigenvalue weighted by atomic mass is 32.1. The molecule has 0 unspecified atom stereocenters. The molecule has 2 aromatic heterocycles. The van der Waals surface area contributed by atoms with Gasteiger partial charge in [-0.25, -0.2) is 4.98 Å². The summed E-state index contributed by atoms with van der Waals surface area (Å²) in [7, 11) is 0. The van der Waals surface area contributed by atoms with Crippen molar-refractivity contribution < 1.29 is 18.7 Å². The van der Waals surface area contributed by atoms with Gasteiger partial charge in [0.05, 0.1) is 15.7 Å². The molecule has 1 aliphatic heterocycles. The lowest BCUT2D eigenvalue weighted by molar-refractivity contribution is 0.102. The molecular formula is C17H10N4O4S. The highest BCUT2D eigenvalue weighted by Gasteiger charge is 2.18. The van der Waals surface area contributed by atoms with E-state index in [4.69, 9.17) is 13.9 Å². The Morgan fingerprint density at radius 1 is 1.08 bits per heavy atom. The Morgan fingerprint density at radius 2 is 2.00 bits per heavy atom. The Balaban J connectivity index is 1.37. The normalized spacial score (nSPS) is 12.5. The number of thiazole rings is 1. The summed E-state index contributed by atoms with van der Waals surface area (Å²) in [5, 5.41) is 10.4. The van der Waals surface area contributed by atoms with Crippen LogP contribution in [0.15, 0.2) is 46.3 Å². The van der Waals surface area contributed by atoms with Crippen LogP contribution in [0.25, 0.3) is 21.7 Å². The molecule has 0 fully saturated rings. The second-order valence-corrected chi connectivity index (χ2v) is 6.36. The van der Waals surface area contributed by atoms with Gasteiger partial charge in [0.25, 0.3) is 5.91 Å². The number of anilines is 1. The summed E-state index contributed by atoms with van der Waals surface area (Å²) in [6.45, 7) is 0.189. The summed E-state index contributed by atoms with van der Waals surface area (Å²) in [6, 6.07) is 10.6. The third-order valence-corrected chi connectivity index (χ3v) is 4.65. The summed E-state index contributed by atoms with van der Waals surface area (Å²) in [4.78, 5) is 16.6. The van der Waals surface area contributed by atoms with Gasteiger partial charge in [0.15, 0.2) is 11.5 Å². The molecule has 128 valence electrons. The summed E-state index contributed by atoms with van der Waals surface area (Å²) in [5.41, 5.74) is 3.76. The quantitative estimate of drug-likeness (QED) is 0.594. The number of fused-ring (bicyclic) bond motifs is 2. The topological polar surface area (TPSA) is 99.4 Å². The largest absolute Gasteiger partial charge is 0.454 e. The first-order valence-electron chi connectivity index (χ1n) is 7.64. The van der Waals surface area contributed by atoms with Crippen LogP contribution in [0.5, 0.6) is 11.5 Å². The minimum absolute atomic E-state index is 0.0204. The fourth-order valence-corrected chi connectivity index (χ4v) is 3.30. The van der Waals surface area contributed by atoms with E-state index in [0.717, 1.165) is 10.2 Å². The van der Waals surface area contributed by atoms with Gasteiger partial charge in [-0.1, -0.05) is 5.10 Å². The number of nitrogens with zero attached hydrogens (tertiary/aromatic N) is 3. The zero-order valence-electron chi connectivity index (χ0n) is 13.1. The highest BCUT2D eigenvalue weighted by Crippen LogP contribution is 2.35. The molecule has 0 saturated carbocycles. The summed E-state index contributed by atoms with van der Waals surface area (Å²) in [5.74, 6) is 1.22. The minimum atomic E-state index is -0.332. The second kappa shape index (κ2) is 5.81. The monoisotopic (exact) mass is 366 g/mol. The van der Waals surface area contributed by atoms with E-state index in [1.54, 1.807) is 41.9 Å². The summed E-state index contributed by atoms with van der Waals surface area (Å²) < 4.78 is 17.1. The van der Waals surface area contributed by atoms with Crippen LogP contribution in [0.2, 0.25) is 0 Å². The van der Waals surface area contributed by atoms with E-state index in [1.807, 2.05) is 0 Å². The third kappa shape index (κ3) is 2.54. The molecule has 2 aromatic carbocycles. The van der Waals surface area contributed by atoms with E-state index in [1.165, 1.54) is 11.3 Å². The van der Waals surface area contributed by atoms with Crippen LogP contribution in [0.3, 0.4) is 0 Å². The van der Waals surface area contributed by atoms with Crippen LogP contribution >= 0.6 is 11.3 Å². The van der Waals surface area contributed by atoms with Crippen molar-refractivity contribution in [3.8, 4) is 23.0 Å². The number of benzene rings is 2. The van der Waals surface area contributed by atoms with Gasteiger partial charge in [0.1, 0.15) is 0 Å². The van der Waals surface area contributed by atoms with Gasteiger partial charge in [-0.2, -0.15) is 0 Å². The number of hydrogen-bond donors (Lipinski definition) is 1. The van der Waals surface area contributed by atoms with Crippen molar-refractivity contribution in [1.29, 1.82) is 0 Å². The van der Waals surface area contributed by atoms with Crippen LogP contribution in [0.4, 0.5) is 6.01 Å². The number of aromatic nitrogens is 3. The number of carbonyl (C=O) groups is 1. The molecule has 8 nitrogen and oxygen atoms in total. The van der Waals surface area contributed by atoms with Crippen LogP contribution in [-0.4, -0.2) is 27.9 Å². The van der Waals surface area contributed by atoms with Gasteiger partial charge in [-0.05, 0) is 36.4 Å². The zero-order valence-corrected chi connectivity index (χ0v) is 13.9. The molecule has 0 atom stereocenters. The maximum atomic E-state index is 12.4. The van der Waals surface area contributed by atoms with Gasteiger partial charge >= 0.3 is 6.01 Å². The molecule has 1 amide bonds. The van der Waals surface area contributed by atoms with Crippen LogP contribution in [-0.2, 0) is 0 Å². The number of carbonyl (C=O) groups excluding carboxylic acids is 1. The van der Waals surface area contributed by atoms with Crippen molar-refractivity contribution in [2.24, 2.45) is 0 Å². The molecule has 4 aromatic rings. The van der Waals surface area contributed by atoms with E-state index in [9.17, 15) is 4.79 Å². The smallest absolute Gasteiger partial charge is 0.322 e. The van der Waals surface area contributed by atoms with Gasteiger partial charge in [0.2, 0.25) is 12.7 Å². The number of amides is 1. The highest BCUT2D eigenvalue weighted by molar-refractivity contribution is 7.16. The average molecular weight is 366 g/mol. The first-order valence-corrected chi connectivity index (χ1v) is 8.52. The molecule has 5 rings (SSSR count). The molecule has 1 aliphatic rings. The maximum Gasteiger partial charge on any atom is 0.322 e. The molecule has 26 heavy (non-hydrogen) atoms. The number of rotatable bonds is 3. The molecule has 1 N–H and O–H groups in total. The van der Waals surface area contributed by atoms with Crippen LogP contribution < -0.4 is 14.8 Å². The van der Waals surface area contributed by atoms with Gasteiger partial charge in [-0.3, -0.25) is 10.1 Å².